The van der Waals surface area contributed by atoms with Crippen molar-refractivity contribution in [1.82, 2.24) is 15.1 Å². The van der Waals surface area contributed by atoms with E-state index in [9.17, 15) is 0 Å². The molecule has 0 bridgehead atoms. The fraction of sp³-hybridized carbons (Fsp3) is 0.588. The maximum absolute atomic E-state index is 5.95. The summed E-state index contributed by atoms with van der Waals surface area (Å²) in [6.07, 6.45) is 6.08. The largest absolute Gasteiger partial charge is 0.370 e. The lowest BCUT2D eigenvalue weighted by atomic mass is 10.1. The van der Waals surface area contributed by atoms with Crippen molar-refractivity contribution >= 4 is 11.3 Å². The lowest BCUT2D eigenvalue weighted by Crippen LogP contribution is -2.27. The molecule has 0 radical (unpaired) electrons. The minimum Gasteiger partial charge on any atom is -0.370 e. The molecule has 118 valence electrons. The van der Waals surface area contributed by atoms with Gasteiger partial charge in [0.15, 0.2) is 0 Å². The first kappa shape index (κ1) is 14.4. The Labute approximate surface area is 135 Å². The number of fused-ring (bicyclic) bond motifs is 1. The van der Waals surface area contributed by atoms with Crippen molar-refractivity contribution in [1.29, 1.82) is 0 Å². The molecule has 0 unspecified atom stereocenters. The van der Waals surface area contributed by atoms with Crippen LogP contribution in [0.4, 0.5) is 0 Å². The minimum atomic E-state index is 0.102. The van der Waals surface area contributed by atoms with Crippen molar-refractivity contribution in [3.8, 4) is 0 Å². The van der Waals surface area contributed by atoms with Gasteiger partial charge in [0.1, 0.15) is 6.10 Å². The molecule has 5 heteroatoms. The quantitative estimate of drug-likeness (QED) is 0.890. The minimum absolute atomic E-state index is 0.102. The zero-order valence-electron chi connectivity index (χ0n) is 13.0. The van der Waals surface area contributed by atoms with Crippen LogP contribution in [0.2, 0.25) is 0 Å². The van der Waals surface area contributed by atoms with E-state index < -0.39 is 0 Å². The first-order chi connectivity index (χ1) is 10.8. The van der Waals surface area contributed by atoms with Crippen molar-refractivity contribution < 1.29 is 4.74 Å². The maximum Gasteiger partial charge on any atom is 0.114 e. The van der Waals surface area contributed by atoms with Gasteiger partial charge in [-0.05, 0) is 49.8 Å². The standard InChI is InChI=1S/C17H23N3OS/c1-12-2-5-15(22-12)8-18-9-16-17-14(6-7-21-16)11-20(19-17)10-13-3-4-13/h2,5,11,13,16,18H,3-4,6-10H2,1H3/t16-/m0/s1. The number of thiophene rings is 1. The highest BCUT2D eigenvalue weighted by Gasteiger charge is 2.27. The maximum atomic E-state index is 5.95. The van der Waals surface area contributed by atoms with E-state index >= 15 is 0 Å². The summed E-state index contributed by atoms with van der Waals surface area (Å²) in [6, 6.07) is 4.38. The summed E-state index contributed by atoms with van der Waals surface area (Å²) >= 11 is 1.85. The predicted molar refractivity (Wildman–Crippen MR) is 88.1 cm³/mol. The first-order valence-corrected chi connectivity index (χ1v) is 9.03. The highest BCUT2D eigenvalue weighted by molar-refractivity contribution is 7.11. The van der Waals surface area contributed by atoms with Gasteiger partial charge in [-0.1, -0.05) is 0 Å². The van der Waals surface area contributed by atoms with Gasteiger partial charge in [-0.25, -0.2) is 0 Å². The van der Waals surface area contributed by atoms with Crippen molar-refractivity contribution in [3.05, 3.63) is 39.3 Å². The van der Waals surface area contributed by atoms with E-state index in [4.69, 9.17) is 9.84 Å². The topological polar surface area (TPSA) is 39.1 Å². The highest BCUT2D eigenvalue weighted by atomic mass is 32.1. The third kappa shape index (κ3) is 3.26. The predicted octanol–water partition coefficient (Wildman–Crippen LogP) is 3.07. The molecule has 0 aromatic carbocycles. The van der Waals surface area contributed by atoms with E-state index in [1.54, 1.807) is 0 Å². The average molecular weight is 317 g/mol. The number of nitrogens with zero attached hydrogens (tertiary/aromatic N) is 2. The molecular weight excluding hydrogens is 294 g/mol. The second kappa shape index (κ2) is 6.14. The summed E-state index contributed by atoms with van der Waals surface area (Å²) in [6.45, 7) is 5.80. The molecule has 0 spiro atoms. The summed E-state index contributed by atoms with van der Waals surface area (Å²) < 4.78 is 8.09. The molecule has 2 aromatic heterocycles. The van der Waals surface area contributed by atoms with Crippen molar-refractivity contribution in [2.24, 2.45) is 5.92 Å². The van der Waals surface area contributed by atoms with Crippen LogP contribution in [0, 0.1) is 12.8 Å². The molecule has 1 aliphatic carbocycles. The summed E-state index contributed by atoms with van der Waals surface area (Å²) in [4.78, 5) is 2.75. The molecule has 2 aliphatic rings. The number of hydrogen-bond acceptors (Lipinski definition) is 4. The SMILES string of the molecule is Cc1ccc(CNC[C@@H]2OCCc3cn(CC4CC4)nc32)s1. The third-order valence-corrected chi connectivity index (χ3v) is 5.43. The Morgan fingerprint density at radius 3 is 3.09 bits per heavy atom. The lowest BCUT2D eigenvalue weighted by molar-refractivity contribution is 0.0393. The molecule has 1 fully saturated rings. The van der Waals surface area contributed by atoms with Gasteiger partial charge >= 0.3 is 0 Å². The molecule has 1 N–H and O–H groups in total. The van der Waals surface area contributed by atoms with Gasteiger partial charge in [-0.15, -0.1) is 11.3 Å². The Hall–Kier alpha value is -1.17. The Morgan fingerprint density at radius 1 is 1.41 bits per heavy atom. The number of aromatic nitrogens is 2. The van der Waals surface area contributed by atoms with E-state index in [1.165, 1.54) is 28.2 Å². The Kier molecular flexibility index (Phi) is 4.03. The molecule has 1 aliphatic heterocycles. The van der Waals surface area contributed by atoms with Crippen molar-refractivity contribution in [2.45, 2.75) is 45.4 Å². The van der Waals surface area contributed by atoms with Crippen LogP contribution in [-0.2, 0) is 24.2 Å². The molecule has 0 saturated heterocycles. The normalized spacial score (nSPS) is 21.0. The second-order valence-electron chi connectivity index (χ2n) is 6.46. The van der Waals surface area contributed by atoms with Crippen LogP contribution in [0.1, 0.15) is 40.0 Å². The molecule has 3 heterocycles. The smallest absolute Gasteiger partial charge is 0.114 e. The highest BCUT2D eigenvalue weighted by Crippen LogP contribution is 2.32. The van der Waals surface area contributed by atoms with Crippen LogP contribution in [0.3, 0.4) is 0 Å². The van der Waals surface area contributed by atoms with E-state index in [1.807, 2.05) is 11.3 Å². The van der Waals surface area contributed by atoms with Gasteiger partial charge in [0.25, 0.3) is 0 Å². The zero-order chi connectivity index (χ0) is 14.9. The van der Waals surface area contributed by atoms with Crippen LogP contribution in [0.15, 0.2) is 18.3 Å². The van der Waals surface area contributed by atoms with Crippen LogP contribution < -0.4 is 5.32 Å². The van der Waals surface area contributed by atoms with E-state index in [0.717, 1.165) is 44.3 Å². The number of nitrogens with one attached hydrogen (secondary N) is 1. The van der Waals surface area contributed by atoms with Gasteiger partial charge in [0.05, 0.1) is 12.3 Å². The Morgan fingerprint density at radius 2 is 2.32 bits per heavy atom. The summed E-state index contributed by atoms with van der Waals surface area (Å²) in [5.41, 5.74) is 2.53. The lowest BCUT2D eigenvalue weighted by Gasteiger charge is -2.22. The van der Waals surface area contributed by atoms with Crippen LogP contribution in [0.5, 0.6) is 0 Å². The van der Waals surface area contributed by atoms with Crippen LogP contribution >= 0.6 is 11.3 Å². The molecular formula is C17H23N3OS. The van der Waals surface area contributed by atoms with Gasteiger partial charge in [-0.3, -0.25) is 4.68 Å². The Balaban J connectivity index is 1.37. The van der Waals surface area contributed by atoms with E-state index in [-0.39, 0.29) is 6.10 Å². The Bertz CT molecular complexity index is 644. The number of rotatable bonds is 6. The number of hydrogen-bond donors (Lipinski definition) is 1. The van der Waals surface area contributed by atoms with Gasteiger partial charge in [-0.2, -0.15) is 5.10 Å². The van der Waals surface area contributed by atoms with E-state index in [2.05, 4.69) is 35.3 Å². The molecule has 0 amide bonds. The fourth-order valence-corrected chi connectivity index (χ4v) is 3.91. The molecule has 2 aromatic rings. The summed E-state index contributed by atoms with van der Waals surface area (Å²) in [5, 5.41) is 8.32. The number of ether oxygens (including phenoxy) is 1. The third-order valence-electron chi connectivity index (χ3n) is 4.43. The van der Waals surface area contributed by atoms with Crippen molar-refractivity contribution in [3.63, 3.8) is 0 Å². The zero-order valence-corrected chi connectivity index (χ0v) is 13.9. The summed E-state index contributed by atoms with van der Waals surface area (Å²) in [7, 11) is 0. The second-order valence-corrected chi connectivity index (χ2v) is 7.83. The molecule has 1 saturated carbocycles. The average Bonchev–Trinajstić information content (AvgIpc) is 3.05. The van der Waals surface area contributed by atoms with Crippen LogP contribution in [0.25, 0.3) is 0 Å². The molecule has 1 atom stereocenters. The number of aryl methyl sites for hydroxylation is 1. The fourth-order valence-electron chi connectivity index (χ4n) is 3.05. The molecule has 4 rings (SSSR count). The van der Waals surface area contributed by atoms with Gasteiger partial charge < -0.3 is 10.1 Å². The molecule has 4 nitrogen and oxygen atoms in total. The van der Waals surface area contributed by atoms with E-state index in [0.29, 0.717) is 0 Å². The monoisotopic (exact) mass is 317 g/mol. The van der Waals surface area contributed by atoms with Crippen molar-refractivity contribution in [2.75, 3.05) is 13.2 Å². The molecule has 22 heavy (non-hydrogen) atoms. The van der Waals surface area contributed by atoms with Crippen LogP contribution in [-0.4, -0.2) is 22.9 Å². The summed E-state index contributed by atoms with van der Waals surface area (Å²) in [5.74, 6) is 0.862. The van der Waals surface area contributed by atoms with Gasteiger partial charge in [0.2, 0.25) is 0 Å². The van der Waals surface area contributed by atoms with Gasteiger partial charge in [0, 0.05) is 35.6 Å². The first-order valence-electron chi connectivity index (χ1n) is 8.22.